The number of fused-ring (bicyclic) bond motifs is 1. The fourth-order valence-electron chi connectivity index (χ4n) is 4.92. The zero-order valence-electron chi connectivity index (χ0n) is 24.7. The number of rotatable bonds is 9. The first-order valence-corrected chi connectivity index (χ1v) is 16.1. The number of carbonyl (C=O) groups excluding carboxylic acids is 1. The SMILES string of the molecule is COc1ccc(Br)cc1[C@@H]1C(C(=O)OC(C)C)=C(C)N=c2s/c(=C\c3cc(Br)c(OCc4ccccc4)c(OC)c3)c(=O)n21. The zero-order valence-corrected chi connectivity index (χ0v) is 28.7. The number of halogens is 2. The number of carbonyl (C=O) groups is 1. The fourth-order valence-corrected chi connectivity index (χ4v) is 6.92. The smallest absolute Gasteiger partial charge is 0.338 e. The Balaban J connectivity index is 1.63. The first-order valence-electron chi connectivity index (χ1n) is 13.7. The Morgan fingerprint density at radius 3 is 2.45 bits per heavy atom. The van der Waals surface area contributed by atoms with Gasteiger partial charge in [0.1, 0.15) is 18.4 Å². The highest BCUT2D eigenvalue weighted by Gasteiger charge is 2.35. The van der Waals surface area contributed by atoms with Crippen molar-refractivity contribution in [1.82, 2.24) is 4.57 Å². The normalized spacial score (nSPS) is 14.7. The van der Waals surface area contributed by atoms with Crippen LogP contribution in [0.15, 0.2) is 90.7 Å². The Kier molecular flexibility index (Phi) is 9.77. The van der Waals surface area contributed by atoms with E-state index in [4.69, 9.17) is 18.9 Å². The van der Waals surface area contributed by atoms with Gasteiger partial charge in [-0.15, -0.1) is 0 Å². The van der Waals surface area contributed by atoms with Crippen molar-refractivity contribution in [1.29, 1.82) is 0 Å². The van der Waals surface area contributed by atoms with Crippen LogP contribution in [-0.4, -0.2) is 30.9 Å². The minimum atomic E-state index is -0.817. The van der Waals surface area contributed by atoms with Crippen LogP contribution in [-0.2, 0) is 16.1 Å². The van der Waals surface area contributed by atoms with Crippen LogP contribution in [0.1, 0.15) is 43.5 Å². The molecule has 228 valence electrons. The Morgan fingerprint density at radius 2 is 1.77 bits per heavy atom. The maximum absolute atomic E-state index is 14.1. The van der Waals surface area contributed by atoms with E-state index in [9.17, 15) is 9.59 Å². The number of thiazole rings is 1. The standard InChI is InChI=1S/C33H30Br2N2O6S/c1-18(2)43-32(39)28-19(3)36-33-37(29(28)23-16-22(34)11-12-25(23)40-4)31(38)27(44-33)15-21-13-24(35)30(26(14-21)41-5)42-17-20-9-7-6-8-10-20/h6-16,18,29H,17H2,1-5H3/b27-15-/t29-/m1/s1. The fraction of sp³-hybridized carbons (Fsp3) is 0.242. The highest BCUT2D eigenvalue weighted by molar-refractivity contribution is 9.10. The van der Waals surface area contributed by atoms with Crippen molar-refractivity contribution < 1.29 is 23.7 Å². The molecule has 11 heteroatoms. The molecule has 0 N–H and O–H groups in total. The third-order valence-electron chi connectivity index (χ3n) is 6.85. The van der Waals surface area contributed by atoms with E-state index in [-0.39, 0.29) is 17.2 Å². The number of aromatic nitrogens is 1. The van der Waals surface area contributed by atoms with Gasteiger partial charge in [-0.2, -0.15) is 0 Å². The van der Waals surface area contributed by atoms with E-state index >= 15 is 0 Å². The molecule has 5 rings (SSSR count). The average Bonchev–Trinajstić information content (AvgIpc) is 3.29. The molecule has 2 heterocycles. The van der Waals surface area contributed by atoms with Gasteiger partial charge in [0.2, 0.25) is 0 Å². The number of methoxy groups -OCH3 is 2. The first-order chi connectivity index (χ1) is 21.1. The molecule has 44 heavy (non-hydrogen) atoms. The molecule has 0 fully saturated rings. The number of nitrogens with zero attached hydrogens (tertiary/aromatic N) is 2. The van der Waals surface area contributed by atoms with Crippen molar-refractivity contribution in [3.05, 3.63) is 117 Å². The highest BCUT2D eigenvalue weighted by atomic mass is 79.9. The summed E-state index contributed by atoms with van der Waals surface area (Å²) in [4.78, 5) is 32.7. The quantitative estimate of drug-likeness (QED) is 0.187. The van der Waals surface area contributed by atoms with E-state index in [0.717, 1.165) is 15.6 Å². The molecule has 0 saturated carbocycles. The van der Waals surface area contributed by atoms with Crippen LogP contribution in [0, 0.1) is 0 Å². The Bertz CT molecular complexity index is 1930. The summed E-state index contributed by atoms with van der Waals surface area (Å²) >= 11 is 8.39. The monoisotopic (exact) mass is 740 g/mol. The van der Waals surface area contributed by atoms with E-state index < -0.39 is 12.0 Å². The van der Waals surface area contributed by atoms with Crippen molar-refractivity contribution in [3.8, 4) is 17.2 Å². The number of hydrogen-bond donors (Lipinski definition) is 0. The second-order valence-corrected chi connectivity index (χ2v) is 13.0. The maximum Gasteiger partial charge on any atom is 0.338 e. The molecule has 1 aliphatic heterocycles. The third-order valence-corrected chi connectivity index (χ3v) is 8.91. The van der Waals surface area contributed by atoms with E-state index in [1.165, 1.54) is 15.9 Å². The van der Waals surface area contributed by atoms with Gasteiger partial charge in [0.15, 0.2) is 16.3 Å². The summed E-state index contributed by atoms with van der Waals surface area (Å²) in [5, 5.41) is 0. The van der Waals surface area contributed by atoms with E-state index in [1.807, 2.05) is 54.6 Å². The highest BCUT2D eigenvalue weighted by Crippen LogP contribution is 2.39. The summed E-state index contributed by atoms with van der Waals surface area (Å²) < 4.78 is 26.4. The van der Waals surface area contributed by atoms with E-state index in [2.05, 4.69) is 36.9 Å². The number of benzene rings is 3. The second kappa shape index (κ2) is 13.5. The van der Waals surface area contributed by atoms with Gasteiger partial charge < -0.3 is 18.9 Å². The number of esters is 1. The molecule has 0 bridgehead atoms. The van der Waals surface area contributed by atoms with Crippen LogP contribution in [0.2, 0.25) is 0 Å². The molecular formula is C33H30Br2N2O6S. The minimum absolute atomic E-state index is 0.276. The molecule has 8 nitrogen and oxygen atoms in total. The van der Waals surface area contributed by atoms with Gasteiger partial charge in [0, 0.05) is 10.0 Å². The third kappa shape index (κ3) is 6.55. The lowest BCUT2D eigenvalue weighted by molar-refractivity contribution is -0.143. The van der Waals surface area contributed by atoms with Crippen LogP contribution in [0.25, 0.3) is 6.08 Å². The molecule has 0 spiro atoms. The van der Waals surface area contributed by atoms with Crippen LogP contribution < -0.4 is 29.1 Å². The van der Waals surface area contributed by atoms with Gasteiger partial charge in [0.05, 0.1) is 40.6 Å². The molecule has 1 aliphatic rings. The van der Waals surface area contributed by atoms with Crippen molar-refractivity contribution in [3.63, 3.8) is 0 Å². The Hall–Kier alpha value is -3.67. The Morgan fingerprint density at radius 1 is 1.05 bits per heavy atom. The molecule has 0 aliphatic carbocycles. The molecule has 0 saturated heterocycles. The number of allylic oxidation sites excluding steroid dienone is 1. The predicted octanol–water partition coefficient (Wildman–Crippen LogP) is 6.31. The molecule has 0 amide bonds. The van der Waals surface area contributed by atoms with Gasteiger partial charge in [-0.25, -0.2) is 9.79 Å². The number of hydrogen-bond acceptors (Lipinski definition) is 8. The summed E-state index contributed by atoms with van der Waals surface area (Å²) in [6.45, 7) is 5.68. The van der Waals surface area contributed by atoms with Gasteiger partial charge >= 0.3 is 5.97 Å². The van der Waals surface area contributed by atoms with Gasteiger partial charge in [-0.3, -0.25) is 9.36 Å². The Labute approximate surface area is 275 Å². The molecule has 0 unspecified atom stereocenters. The lowest BCUT2D eigenvalue weighted by Gasteiger charge is -2.26. The lowest BCUT2D eigenvalue weighted by atomic mass is 9.95. The molecule has 4 aromatic rings. The summed E-state index contributed by atoms with van der Waals surface area (Å²) in [5.41, 5.74) is 2.82. The zero-order chi connectivity index (χ0) is 31.5. The van der Waals surface area contributed by atoms with Crippen molar-refractivity contribution in [2.24, 2.45) is 4.99 Å². The first kappa shape index (κ1) is 31.7. The summed E-state index contributed by atoms with van der Waals surface area (Å²) in [7, 11) is 3.12. The van der Waals surface area contributed by atoms with E-state index in [0.29, 0.717) is 48.9 Å². The molecule has 1 aromatic heterocycles. The van der Waals surface area contributed by atoms with Crippen LogP contribution in [0.3, 0.4) is 0 Å². The van der Waals surface area contributed by atoms with Crippen molar-refractivity contribution >= 4 is 55.2 Å². The molecular weight excluding hydrogens is 712 g/mol. The van der Waals surface area contributed by atoms with Crippen molar-refractivity contribution in [2.75, 3.05) is 14.2 Å². The van der Waals surface area contributed by atoms with Gasteiger partial charge in [-0.1, -0.05) is 57.6 Å². The summed E-state index contributed by atoms with van der Waals surface area (Å²) in [5.74, 6) is 1.06. The summed E-state index contributed by atoms with van der Waals surface area (Å²) in [6, 6.07) is 18.2. The summed E-state index contributed by atoms with van der Waals surface area (Å²) in [6.07, 6.45) is 1.42. The lowest BCUT2D eigenvalue weighted by Crippen LogP contribution is -2.40. The average molecular weight is 742 g/mol. The van der Waals surface area contributed by atoms with Gasteiger partial charge in [-0.05, 0) is 84.2 Å². The number of ether oxygens (including phenoxy) is 4. The molecule has 3 aromatic carbocycles. The van der Waals surface area contributed by atoms with Gasteiger partial charge in [0.25, 0.3) is 5.56 Å². The maximum atomic E-state index is 14.1. The minimum Gasteiger partial charge on any atom is -0.496 e. The van der Waals surface area contributed by atoms with E-state index in [1.54, 1.807) is 47.1 Å². The topological polar surface area (TPSA) is 88.4 Å². The van der Waals surface area contributed by atoms with Crippen LogP contribution >= 0.6 is 43.2 Å². The molecule has 1 atom stereocenters. The second-order valence-electron chi connectivity index (χ2n) is 10.2. The van der Waals surface area contributed by atoms with Crippen molar-refractivity contribution in [2.45, 2.75) is 39.5 Å². The molecule has 0 radical (unpaired) electrons. The van der Waals surface area contributed by atoms with Crippen LogP contribution in [0.5, 0.6) is 17.2 Å². The predicted molar refractivity (Wildman–Crippen MR) is 177 cm³/mol. The van der Waals surface area contributed by atoms with Crippen LogP contribution in [0.4, 0.5) is 0 Å². The largest absolute Gasteiger partial charge is 0.496 e.